The van der Waals surface area contributed by atoms with E-state index >= 15 is 0 Å². The highest BCUT2D eigenvalue weighted by Crippen LogP contribution is 2.20. The van der Waals surface area contributed by atoms with Crippen LogP contribution in [-0.2, 0) is 9.53 Å². The number of hydrogen-bond donors (Lipinski definition) is 1. The molecule has 4 heteroatoms. The molecule has 13 heavy (non-hydrogen) atoms. The maximum Gasteiger partial charge on any atom is 0.225 e. The third-order valence-electron chi connectivity index (χ3n) is 2.08. The van der Waals surface area contributed by atoms with Crippen LogP contribution in [-0.4, -0.2) is 47.8 Å². The standard InChI is InChI=1S/C9H17NO3/c1-3-13-5-4-8(11)10-6-9(2,12)7-10/h12H,3-7H2,1-2H3. The SMILES string of the molecule is CCOCCC(=O)N1CC(C)(O)C1. The zero-order valence-electron chi connectivity index (χ0n) is 8.25. The van der Waals surface area contributed by atoms with Crippen LogP contribution in [0.1, 0.15) is 20.3 Å². The van der Waals surface area contributed by atoms with Crippen molar-refractivity contribution >= 4 is 5.91 Å². The fraction of sp³-hybridized carbons (Fsp3) is 0.889. The first-order chi connectivity index (χ1) is 6.05. The summed E-state index contributed by atoms with van der Waals surface area (Å²) in [6.07, 6.45) is 0.421. The number of ether oxygens (including phenoxy) is 1. The second kappa shape index (κ2) is 4.07. The van der Waals surface area contributed by atoms with E-state index in [9.17, 15) is 9.90 Å². The summed E-state index contributed by atoms with van der Waals surface area (Å²) in [5, 5.41) is 9.38. The lowest BCUT2D eigenvalue weighted by atomic mass is 9.97. The normalized spacial score (nSPS) is 19.8. The summed E-state index contributed by atoms with van der Waals surface area (Å²) >= 11 is 0. The molecular formula is C9H17NO3. The Kier molecular flexibility index (Phi) is 3.27. The van der Waals surface area contributed by atoms with Crippen molar-refractivity contribution in [1.82, 2.24) is 4.90 Å². The number of amides is 1. The highest BCUT2D eigenvalue weighted by Gasteiger charge is 2.38. The van der Waals surface area contributed by atoms with Crippen LogP contribution >= 0.6 is 0 Å². The Morgan fingerprint density at radius 2 is 2.23 bits per heavy atom. The third-order valence-corrected chi connectivity index (χ3v) is 2.08. The van der Waals surface area contributed by atoms with Crippen LogP contribution in [0.25, 0.3) is 0 Å². The lowest BCUT2D eigenvalue weighted by Crippen LogP contribution is -2.61. The zero-order chi connectivity index (χ0) is 9.90. The van der Waals surface area contributed by atoms with E-state index in [2.05, 4.69) is 0 Å². The molecule has 0 aromatic rings. The molecule has 1 fully saturated rings. The molecule has 0 spiro atoms. The summed E-state index contributed by atoms with van der Waals surface area (Å²) in [5.74, 6) is 0.0694. The first-order valence-electron chi connectivity index (χ1n) is 4.63. The molecule has 0 atom stereocenters. The van der Waals surface area contributed by atoms with Gasteiger partial charge in [0.15, 0.2) is 0 Å². The van der Waals surface area contributed by atoms with Crippen molar-refractivity contribution in [2.75, 3.05) is 26.3 Å². The van der Waals surface area contributed by atoms with E-state index in [4.69, 9.17) is 4.74 Å². The first-order valence-corrected chi connectivity index (χ1v) is 4.63. The molecule has 0 bridgehead atoms. The van der Waals surface area contributed by atoms with Crippen LogP contribution in [0.15, 0.2) is 0 Å². The Labute approximate surface area is 78.5 Å². The summed E-state index contributed by atoms with van der Waals surface area (Å²) in [7, 11) is 0. The molecule has 1 N–H and O–H groups in total. The van der Waals surface area contributed by atoms with Gasteiger partial charge in [0.2, 0.25) is 5.91 Å². The van der Waals surface area contributed by atoms with E-state index in [0.717, 1.165) is 0 Å². The second-order valence-electron chi connectivity index (χ2n) is 3.69. The molecule has 1 heterocycles. The van der Waals surface area contributed by atoms with E-state index in [1.165, 1.54) is 0 Å². The van der Waals surface area contributed by atoms with Gasteiger partial charge in [0.25, 0.3) is 0 Å². The van der Waals surface area contributed by atoms with Gasteiger partial charge in [-0.2, -0.15) is 0 Å². The van der Waals surface area contributed by atoms with Crippen LogP contribution in [0.2, 0.25) is 0 Å². The van der Waals surface area contributed by atoms with Gasteiger partial charge >= 0.3 is 0 Å². The lowest BCUT2D eigenvalue weighted by molar-refractivity contribution is -0.153. The maximum absolute atomic E-state index is 11.3. The fourth-order valence-electron chi connectivity index (χ4n) is 1.41. The molecule has 76 valence electrons. The Bertz CT molecular complexity index is 183. The van der Waals surface area contributed by atoms with Gasteiger partial charge in [0, 0.05) is 6.61 Å². The number of carbonyl (C=O) groups is 1. The number of β-amino-alcohol motifs (C(OH)–C–C–N with tert-alkyl or cyclic N) is 1. The zero-order valence-corrected chi connectivity index (χ0v) is 8.25. The van der Waals surface area contributed by atoms with Crippen molar-refractivity contribution in [1.29, 1.82) is 0 Å². The number of carbonyl (C=O) groups excluding carboxylic acids is 1. The van der Waals surface area contributed by atoms with Gasteiger partial charge in [-0.1, -0.05) is 0 Å². The van der Waals surface area contributed by atoms with Gasteiger partial charge in [-0.25, -0.2) is 0 Å². The largest absolute Gasteiger partial charge is 0.386 e. The fourth-order valence-corrected chi connectivity index (χ4v) is 1.41. The number of aliphatic hydroxyl groups is 1. The Balaban J connectivity index is 2.12. The van der Waals surface area contributed by atoms with Crippen molar-refractivity contribution in [3.8, 4) is 0 Å². The molecule has 0 saturated carbocycles. The monoisotopic (exact) mass is 187 g/mol. The minimum Gasteiger partial charge on any atom is -0.386 e. The van der Waals surface area contributed by atoms with E-state index in [-0.39, 0.29) is 5.91 Å². The number of likely N-dealkylation sites (tertiary alicyclic amines) is 1. The van der Waals surface area contributed by atoms with Crippen LogP contribution < -0.4 is 0 Å². The summed E-state index contributed by atoms with van der Waals surface area (Å²) in [6, 6.07) is 0. The molecule has 1 rings (SSSR count). The molecule has 1 aliphatic heterocycles. The second-order valence-corrected chi connectivity index (χ2v) is 3.69. The summed E-state index contributed by atoms with van der Waals surface area (Å²) in [6.45, 7) is 5.67. The van der Waals surface area contributed by atoms with Crippen molar-refractivity contribution in [2.24, 2.45) is 0 Å². The molecule has 1 saturated heterocycles. The number of hydrogen-bond acceptors (Lipinski definition) is 3. The van der Waals surface area contributed by atoms with Crippen LogP contribution in [0.3, 0.4) is 0 Å². The van der Waals surface area contributed by atoms with Gasteiger partial charge in [-0.3, -0.25) is 4.79 Å². The van der Waals surface area contributed by atoms with Gasteiger partial charge in [-0.15, -0.1) is 0 Å². The molecule has 0 radical (unpaired) electrons. The van der Waals surface area contributed by atoms with Crippen molar-refractivity contribution in [3.05, 3.63) is 0 Å². The van der Waals surface area contributed by atoms with E-state index < -0.39 is 5.60 Å². The molecule has 0 aromatic heterocycles. The minimum absolute atomic E-state index is 0.0694. The smallest absolute Gasteiger partial charge is 0.225 e. The summed E-state index contributed by atoms with van der Waals surface area (Å²) in [4.78, 5) is 13.0. The Morgan fingerprint density at radius 3 is 2.69 bits per heavy atom. The molecule has 0 unspecified atom stereocenters. The van der Waals surface area contributed by atoms with Gasteiger partial charge in [-0.05, 0) is 13.8 Å². The first kappa shape index (κ1) is 10.5. The highest BCUT2D eigenvalue weighted by atomic mass is 16.5. The lowest BCUT2D eigenvalue weighted by Gasteiger charge is -2.44. The predicted molar refractivity (Wildman–Crippen MR) is 48.3 cm³/mol. The summed E-state index contributed by atoms with van der Waals surface area (Å²) in [5.41, 5.74) is -0.665. The topological polar surface area (TPSA) is 49.8 Å². The van der Waals surface area contributed by atoms with E-state index in [0.29, 0.717) is 32.7 Å². The maximum atomic E-state index is 11.3. The van der Waals surface area contributed by atoms with Crippen LogP contribution in [0.4, 0.5) is 0 Å². The number of rotatable bonds is 4. The van der Waals surface area contributed by atoms with Crippen LogP contribution in [0.5, 0.6) is 0 Å². The minimum atomic E-state index is -0.665. The molecule has 4 nitrogen and oxygen atoms in total. The van der Waals surface area contributed by atoms with Gasteiger partial charge < -0.3 is 14.7 Å². The molecule has 0 aromatic carbocycles. The van der Waals surface area contributed by atoms with E-state index in [1.807, 2.05) is 6.92 Å². The molecule has 1 amide bonds. The average molecular weight is 187 g/mol. The van der Waals surface area contributed by atoms with E-state index in [1.54, 1.807) is 11.8 Å². The number of nitrogens with zero attached hydrogens (tertiary/aromatic N) is 1. The molecule has 1 aliphatic rings. The predicted octanol–water partition coefficient (Wildman–Crippen LogP) is 0.00620. The van der Waals surface area contributed by atoms with Crippen molar-refractivity contribution < 1.29 is 14.6 Å². The van der Waals surface area contributed by atoms with Crippen LogP contribution in [0, 0.1) is 0 Å². The highest BCUT2D eigenvalue weighted by molar-refractivity contribution is 5.77. The average Bonchev–Trinajstić information content (AvgIpc) is 2.00. The molecule has 0 aliphatic carbocycles. The van der Waals surface area contributed by atoms with Gasteiger partial charge in [0.1, 0.15) is 0 Å². The molecular weight excluding hydrogens is 170 g/mol. The van der Waals surface area contributed by atoms with Crippen molar-refractivity contribution in [3.63, 3.8) is 0 Å². The quantitative estimate of drug-likeness (QED) is 0.630. The summed E-state index contributed by atoms with van der Waals surface area (Å²) < 4.78 is 5.06. The third kappa shape index (κ3) is 2.97. The van der Waals surface area contributed by atoms with Crippen molar-refractivity contribution in [2.45, 2.75) is 25.9 Å². The Morgan fingerprint density at radius 1 is 1.62 bits per heavy atom. The Hall–Kier alpha value is -0.610. The van der Waals surface area contributed by atoms with Gasteiger partial charge in [0.05, 0.1) is 31.7 Å².